The average Bonchev–Trinajstić information content (AvgIpc) is 2.55. The molecule has 5 nitrogen and oxygen atoms in total. The molecule has 1 atom stereocenters. The summed E-state index contributed by atoms with van der Waals surface area (Å²) >= 11 is 11.8. The number of hydrogen-bond acceptors (Lipinski definition) is 4. The highest BCUT2D eigenvalue weighted by atomic mass is 35.5. The lowest BCUT2D eigenvalue weighted by atomic mass is 10.2. The second-order valence-corrected chi connectivity index (χ2v) is 6.56. The molecule has 0 aromatic heterocycles. The fraction of sp³-hybridized carbons (Fsp3) is 0.263. The Morgan fingerprint density at radius 3 is 2.31 bits per heavy atom. The van der Waals surface area contributed by atoms with Crippen molar-refractivity contribution in [3.63, 3.8) is 0 Å². The van der Waals surface area contributed by atoms with E-state index in [9.17, 15) is 9.59 Å². The molecule has 1 amide bonds. The maximum Gasteiger partial charge on any atom is 0.310 e. The molecule has 0 saturated heterocycles. The van der Waals surface area contributed by atoms with Crippen molar-refractivity contribution in [3.05, 3.63) is 58.1 Å². The molecule has 2 aromatic carbocycles. The van der Waals surface area contributed by atoms with E-state index in [0.717, 1.165) is 5.56 Å². The lowest BCUT2D eigenvalue weighted by molar-refractivity contribution is -0.153. The highest BCUT2D eigenvalue weighted by Gasteiger charge is 2.18. The number of halogens is 2. The average molecular weight is 396 g/mol. The zero-order valence-corrected chi connectivity index (χ0v) is 15.9. The number of aryl methyl sites for hydroxylation is 1. The van der Waals surface area contributed by atoms with Crippen LogP contribution in [0, 0.1) is 6.92 Å². The summed E-state index contributed by atoms with van der Waals surface area (Å²) in [4.78, 5) is 23.9. The van der Waals surface area contributed by atoms with Crippen LogP contribution in [0.5, 0.6) is 5.75 Å². The fourth-order valence-corrected chi connectivity index (χ4v) is 2.59. The number of benzene rings is 2. The van der Waals surface area contributed by atoms with Crippen LogP contribution >= 0.6 is 23.2 Å². The third-order valence-electron chi connectivity index (χ3n) is 3.40. The van der Waals surface area contributed by atoms with Gasteiger partial charge in [0.05, 0.1) is 13.0 Å². The molecule has 2 rings (SSSR count). The Morgan fingerprint density at radius 2 is 1.69 bits per heavy atom. The normalized spacial score (nSPS) is 11.5. The first-order valence-electron chi connectivity index (χ1n) is 7.99. The third-order valence-corrected chi connectivity index (χ3v) is 3.84. The first kappa shape index (κ1) is 20.1. The van der Waals surface area contributed by atoms with E-state index in [1.165, 1.54) is 6.92 Å². The molecular formula is C19H19Cl2NO4. The van der Waals surface area contributed by atoms with Gasteiger partial charge in [-0.1, -0.05) is 40.9 Å². The van der Waals surface area contributed by atoms with E-state index >= 15 is 0 Å². The topological polar surface area (TPSA) is 64.6 Å². The Balaban J connectivity index is 1.76. The summed E-state index contributed by atoms with van der Waals surface area (Å²) in [5.74, 6) is -0.327. The molecule has 26 heavy (non-hydrogen) atoms. The van der Waals surface area contributed by atoms with E-state index in [1.54, 1.807) is 18.2 Å². The SMILES string of the molecule is Cc1ccc(OCCC(=O)O[C@H](C)C(=O)Nc2cc(Cl)cc(Cl)c2)cc1. The van der Waals surface area contributed by atoms with Crippen molar-refractivity contribution < 1.29 is 19.1 Å². The molecule has 138 valence electrons. The molecule has 1 N–H and O–H groups in total. The van der Waals surface area contributed by atoms with E-state index in [1.807, 2.05) is 31.2 Å². The minimum absolute atomic E-state index is 0.0362. The Hall–Kier alpha value is -2.24. The van der Waals surface area contributed by atoms with Gasteiger partial charge in [-0.15, -0.1) is 0 Å². The number of hydrogen-bond donors (Lipinski definition) is 1. The number of anilines is 1. The standard InChI is InChI=1S/C19H19Cl2NO4/c1-12-3-5-17(6-4-12)25-8-7-18(23)26-13(2)19(24)22-16-10-14(20)9-15(21)11-16/h3-6,9-11,13H,7-8H2,1-2H3,(H,22,24)/t13-/m1/s1. The summed E-state index contributed by atoms with van der Waals surface area (Å²) in [6, 6.07) is 12.1. The van der Waals surface area contributed by atoms with Gasteiger partial charge in [-0.2, -0.15) is 0 Å². The van der Waals surface area contributed by atoms with Crippen molar-refractivity contribution in [1.29, 1.82) is 0 Å². The lowest BCUT2D eigenvalue weighted by Crippen LogP contribution is -2.30. The van der Waals surface area contributed by atoms with Gasteiger partial charge in [0.2, 0.25) is 0 Å². The maximum atomic E-state index is 12.1. The monoisotopic (exact) mass is 395 g/mol. The highest BCUT2D eigenvalue weighted by molar-refractivity contribution is 6.35. The van der Waals surface area contributed by atoms with Crippen LogP contribution < -0.4 is 10.1 Å². The molecule has 2 aromatic rings. The number of amides is 1. The molecule has 0 fully saturated rings. The second-order valence-electron chi connectivity index (χ2n) is 5.69. The zero-order valence-electron chi connectivity index (χ0n) is 14.4. The Labute approximate surface area is 162 Å². The minimum atomic E-state index is -0.959. The quantitative estimate of drug-likeness (QED) is 0.693. The first-order valence-corrected chi connectivity index (χ1v) is 8.75. The van der Waals surface area contributed by atoms with Crippen molar-refractivity contribution in [1.82, 2.24) is 0 Å². The third kappa shape index (κ3) is 6.58. The van der Waals surface area contributed by atoms with Crippen LogP contribution in [-0.4, -0.2) is 24.6 Å². The summed E-state index contributed by atoms with van der Waals surface area (Å²) in [5.41, 5.74) is 1.55. The number of esters is 1. The minimum Gasteiger partial charge on any atom is -0.493 e. The molecule has 7 heteroatoms. The van der Waals surface area contributed by atoms with Gasteiger partial charge in [-0.05, 0) is 44.2 Å². The molecule has 0 aliphatic heterocycles. The first-order chi connectivity index (χ1) is 12.3. The van der Waals surface area contributed by atoms with Gasteiger partial charge in [0, 0.05) is 15.7 Å². The summed E-state index contributed by atoms with van der Waals surface area (Å²) in [6.45, 7) is 3.63. The summed E-state index contributed by atoms with van der Waals surface area (Å²) < 4.78 is 10.6. The predicted octanol–water partition coefficient (Wildman–Crippen LogP) is 4.64. The largest absolute Gasteiger partial charge is 0.493 e. The van der Waals surface area contributed by atoms with E-state index in [0.29, 0.717) is 21.5 Å². The zero-order chi connectivity index (χ0) is 19.1. The molecule has 0 aliphatic carbocycles. The van der Waals surface area contributed by atoms with Gasteiger partial charge in [-0.3, -0.25) is 9.59 Å². The smallest absolute Gasteiger partial charge is 0.310 e. The summed E-state index contributed by atoms with van der Waals surface area (Å²) in [6.07, 6.45) is -0.922. The van der Waals surface area contributed by atoms with E-state index < -0.39 is 18.0 Å². The fourth-order valence-electron chi connectivity index (χ4n) is 2.07. The molecular weight excluding hydrogens is 377 g/mol. The van der Waals surface area contributed by atoms with Gasteiger partial charge in [-0.25, -0.2) is 0 Å². The Kier molecular flexibility index (Phi) is 7.30. The molecule has 0 saturated carbocycles. The molecule has 0 aliphatic rings. The molecule has 0 unspecified atom stereocenters. The number of rotatable bonds is 7. The van der Waals surface area contributed by atoms with Gasteiger partial charge in [0.15, 0.2) is 6.10 Å². The van der Waals surface area contributed by atoms with Gasteiger partial charge < -0.3 is 14.8 Å². The molecule has 0 radical (unpaired) electrons. The Bertz CT molecular complexity index is 757. The molecule has 0 bridgehead atoms. The lowest BCUT2D eigenvalue weighted by Gasteiger charge is -2.14. The maximum absolute atomic E-state index is 12.1. The number of carbonyl (C=O) groups is 2. The van der Waals surface area contributed by atoms with Crippen LogP contribution in [0.3, 0.4) is 0 Å². The second kappa shape index (κ2) is 9.46. The van der Waals surface area contributed by atoms with Crippen LogP contribution in [0.2, 0.25) is 10.0 Å². The van der Waals surface area contributed by atoms with Crippen LogP contribution in [0.15, 0.2) is 42.5 Å². The van der Waals surface area contributed by atoms with Crippen molar-refractivity contribution in [2.24, 2.45) is 0 Å². The van der Waals surface area contributed by atoms with Gasteiger partial charge >= 0.3 is 5.97 Å². The van der Waals surface area contributed by atoms with Crippen LogP contribution in [0.1, 0.15) is 18.9 Å². The molecule has 0 spiro atoms. The number of carbonyl (C=O) groups excluding carboxylic acids is 2. The van der Waals surface area contributed by atoms with Crippen LogP contribution in [0.4, 0.5) is 5.69 Å². The Morgan fingerprint density at radius 1 is 1.08 bits per heavy atom. The van der Waals surface area contributed by atoms with Crippen molar-refractivity contribution >= 4 is 40.8 Å². The summed E-state index contributed by atoms with van der Waals surface area (Å²) in [5, 5.41) is 3.39. The van der Waals surface area contributed by atoms with Gasteiger partial charge in [0.25, 0.3) is 5.91 Å². The molecule has 0 heterocycles. The van der Waals surface area contributed by atoms with E-state index in [-0.39, 0.29) is 13.0 Å². The predicted molar refractivity (Wildman–Crippen MR) is 102 cm³/mol. The highest BCUT2D eigenvalue weighted by Crippen LogP contribution is 2.22. The van der Waals surface area contributed by atoms with Gasteiger partial charge in [0.1, 0.15) is 5.75 Å². The number of nitrogens with one attached hydrogen (secondary N) is 1. The van der Waals surface area contributed by atoms with E-state index in [2.05, 4.69) is 5.32 Å². The van der Waals surface area contributed by atoms with Crippen molar-refractivity contribution in [2.45, 2.75) is 26.4 Å². The number of ether oxygens (including phenoxy) is 2. The van der Waals surface area contributed by atoms with Crippen LogP contribution in [-0.2, 0) is 14.3 Å². The van der Waals surface area contributed by atoms with Crippen LogP contribution in [0.25, 0.3) is 0 Å². The van der Waals surface area contributed by atoms with Crippen molar-refractivity contribution in [3.8, 4) is 5.75 Å². The van der Waals surface area contributed by atoms with E-state index in [4.69, 9.17) is 32.7 Å². The van der Waals surface area contributed by atoms with Crippen molar-refractivity contribution in [2.75, 3.05) is 11.9 Å². The summed E-state index contributed by atoms with van der Waals surface area (Å²) in [7, 11) is 0.